The standard InChI is InChI=1S/C13H15FN2O2/c14-10-3-1-2-8(6-10)7-11(12(15)17)16-13(18)9-4-5-9/h1-3,6,9,11H,4-5,7H2,(H2,15,17)(H,16,18)/t11-/m0/s1. The molecule has 2 rings (SSSR count). The van der Waals surface area contributed by atoms with Gasteiger partial charge in [-0.05, 0) is 30.5 Å². The average Bonchev–Trinajstić information content (AvgIpc) is 3.11. The molecule has 1 atom stereocenters. The zero-order valence-electron chi connectivity index (χ0n) is 9.86. The Labute approximate surface area is 104 Å². The molecule has 0 aliphatic heterocycles. The molecule has 1 aromatic rings. The number of nitrogens with two attached hydrogens (primary N) is 1. The van der Waals surface area contributed by atoms with E-state index in [0.29, 0.717) is 5.56 Å². The quantitative estimate of drug-likeness (QED) is 0.809. The summed E-state index contributed by atoms with van der Waals surface area (Å²) >= 11 is 0. The number of hydrogen-bond acceptors (Lipinski definition) is 2. The molecule has 1 aromatic carbocycles. The second-order valence-corrected chi connectivity index (χ2v) is 4.57. The highest BCUT2D eigenvalue weighted by atomic mass is 19.1. The van der Waals surface area contributed by atoms with Gasteiger partial charge in [0.05, 0.1) is 0 Å². The molecule has 5 heteroatoms. The van der Waals surface area contributed by atoms with E-state index in [0.717, 1.165) is 12.8 Å². The molecule has 4 nitrogen and oxygen atoms in total. The molecule has 1 aliphatic carbocycles. The van der Waals surface area contributed by atoms with Gasteiger partial charge in [-0.2, -0.15) is 0 Å². The third kappa shape index (κ3) is 3.29. The summed E-state index contributed by atoms with van der Waals surface area (Å²) in [6, 6.07) is 5.14. The summed E-state index contributed by atoms with van der Waals surface area (Å²) in [7, 11) is 0. The van der Waals surface area contributed by atoms with Crippen LogP contribution in [0.4, 0.5) is 4.39 Å². The van der Waals surface area contributed by atoms with Crippen LogP contribution in [0.3, 0.4) is 0 Å². The maximum absolute atomic E-state index is 13.0. The fraction of sp³-hybridized carbons (Fsp3) is 0.385. The number of rotatable bonds is 5. The lowest BCUT2D eigenvalue weighted by Crippen LogP contribution is -2.46. The van der Waals surface area contributed by atoms with E-state index in [1.54, 1.807) is 12.1 Å². The third-order valence-corrected chi connectivity index (χ3v) is 2.94. The van der Waals surface area contributed by atoms with Gasteiger partial charge >= 0.3 is 0 Å². The number of carbonyl (C=O) groups is 2. The van der Waals surface area contributed by atoms with Gasteiger partial charge in [0.25, 0.3) is 0 Å². The maximum atomic E-state index is 13.0. The predicted octanol–water partition coefficient (Wildman–Crippen LogP) is 0.748. The summed E-state index contributed by atoms with van der Waals surface area (Å²) in [5.41, 5.74) is 5.88. The third-order valence-electron chi connectivity index (χ3n) is 2.94. The van der Waals surface area contributed by atoms with Crippen LogP contribution in [0.5, 0.6) is 0 Å². The van der Waals surface area contributed by atoms with Crippen molar-refractivity contribution in [2.75, 3.05) is 0 Å². The smallest absolute Gasteiger partial charge is 0.240 e. The van der Waals surface area contributed by atoms with Crippen molar-refractivity contribution < 1.29 is 14.0 Å². The van der Waals surface area contributed by atoms with E-state index in [4.69, 9.17) is 5.73 Å². The fourth-order valence-corrected chi connectivity index (χ4v) is 1.76. The zero-order chi connectivity index (χ0) is 13.1. The SMILES string of the molecule is NC(=O)[C@H](Cc1cccc(F)c1)NC(=O)C1CC1. The van der Waals surface area contributed by atoms with E-state index in [-0.39, 0.29) is 24.1 Å². The summed E-state index contributed by atoms with van der Waals surface area (Å²) in [5.74, 6) is -1.10. The Morgan fingerprint density at radius 2 is 2.17 bits per heavy atom. The Kier molecular flexibility index (Phi) is 3.60. The van der Waals surface area contributed by atoms with Crippen molar-refractivity contribution in [1.29, 1.82) is 0 Å². The first-order chi connectivity index (χ1) is 8.56. The van der Waals surface area contributed by atoms with E-state index in [2.05, 4.69) is 5.32 Å². The first kappa shape index (κ1) is 12.5. The zero-order valence-corrected chi connectivity index (χ0v) is 9.86. The van der Waals surface area contributed by atoms with Crippen LogP contribution >= 0.6 is 0 Å². The van der Waals surface area contributed by atoms with Gasteiger partial charge in [-0.15, -0.1) is 0 Å². The summed E-state index contributed by atoms with van der Waals surface area (Å²) in [4.78, 5) is 22.9. The van der Waals surface area contributed by atoms with Crippen LogP contribution in [-0.4, -0.2) is 17.9 Å². The van der Waals surface area contributed by atoms with E-state index in [1.807, 2.05) is 0 Å². The first-order valence-corrected chi connectivity index (χ1v) is 5.90. The number of benzene rings is 1. The maximum Gasteiger partial charge on any atom is 0.240 e. The summed E-state index contributed by atoms with van der Waals surface area (Å²) in [6.45, 7) is 0. The molecule has 1 fully saturated rings. The molecule has 0 radical (unpaired) electrons. The number of halogens is 1. The van der Waals surface area contributed by atoms with Gasteiger partial charge in [0, 0.05) is 12.3 Å². The lowest BCUT2D eigenvalue weighted by molar-refractivity contribution is -0.128. The van der Waals surface area contributed by atoms with Crippen molar-refractivity contribution in [3.8, 4) is 0 Å². The molecule has 3 N–H and O–H groups in total. The number of primary amides is 1. The second kappa shape index (κ2) is 5.16. The number of hydrogen-bond donors (Lipinski definition) is 2. The molecule has 0 saturated heterocycles. The fourth-order valence-electron chi connectivity index (χ4n) is 1.76. The molecular weight excluding hydrogens is 235 g/mol. The second-order valence-electron chi connectivity index (χ2n) is 4.57. The van der Waals surface area contributed by atoms with Crippen LogP contribution in [-0.2, 0) is 16.0 Å². The highest BCUT2D eigenvalue weighted by Gasteiger charge is 2.32. The van der Waals surface area contributed by atoms with Crippen LogP contribution in [0.1, 0.15) is 18.4 Å². The van der Waals surface area contributed by atoms with Crippen molar-refractivity contribution in [2.45, 2.75) is 25.3 Å². The Balaban J connectivity index is 2.01. The van der Waals surface area contributed by atoms with Gasteiger partial charge < -0.3 is 11.1 Å². The molecule has 0 unspecified atom stereocenters. The molecule has 0 heterocycles. The summed E-state index contributed by atoms with van der Waals surface area (Å²) in [5, 5.41) is 2.61. The van der Waals surface area contributed by atoms with Crippen molar-refractivity contribution in [1.82, 2.24) is 5.32 Å². The lowest BCUT2D eigenvalue weighted by Gasteiger charge is -2.15. The van der Waals surface area contributed by atoms with Gasteiger partial charge in [-0.3, -0.25) is 9.59 Å². The van der Waals surface area contributed by atoms with Crippen LogP contribution in [0.2, 0.25) is 0 Å². The van der Waals surface area contributed by atoms with Gasteiger partial charge in [-0.1, -0.05) is 12.1 Å². The highest BCUT2D eigenvalue weighted by molar-refractivity contribution is 5.88. The Bertz CT molecular complexity index is 472. The van der Waals surface area contributed by atoms with E-state index in [9.17, 15) is 14.0 Å². The molecule has 18 heavy (non-hydrogen) atoms. The molecule has 2 amide bonds. The van der Waals surface area contributed by atoms with Crippen LogP contribution in [0.25, 0.3) is 0 Å². The molecule has 1 aliphatic rings. The van der Waals surface area contributed by atoms with Gasteiger partial charge in [-0.25, -0.2) is 4.39 Å². The topological polar surface area (TPSA) is 72.2 Å². The molecule has 0 spiro atoms. The monoisotopic (exact) mass is 250 g/mol. The minimum absolute atomic E-state index is 0.0133. The van der Waals surface area contributed by atoms with Crippen molar-refractivity contribution >= 4 is 11.8 Å². The molecular formula is C13H15FN2O2. The summed E-state index contributed by atoms with van der Waals surface area (Å²) < 4.78 is 13.0. The largest absolute Gasteiger partial charge is 0.368 e. The van der Waals surface area contributed by atoms with Gasteiger partial charge in [0.1, 0.15) is 11.9 Å². The predicted molar refractivity (Wildman–Crippen MR) is 64.0 cm³/mol. The van der Waals surface area contributed by atoms with E-state index in [1.165, 1.54) is 12.1 Å². The van der Waals surface area contributed by atoms with Crippen LogP contribution < -0.4 is 11.1 Å². The molecule has 1 saturated carbocycles. The average molecular weight is 250 g/mol. The van der Waals surface area contributed by atoms with Crippen LogP contribution in [0, 0.1) is 11.7 Å². The minimum atomic E-state index is -0.778. The molecule has 0 aromatic heterocycles. The Morgan fingerprint density at radius 3 is 2.72 bits per heavy atom. The molecule has 96 valence electrons. The Hall–Kier alpha value is -1.91. The van der Waals surface area contributed by atoms with Crippen LogP contribution in [0.15, 0.2) is 24.3 Å². The highest BCUT2D eigenvalue weighted by Crippen LogP contribution is 2.28. The van der Waals surface area contributed by atoms with E-state index >= 15 is 0 Å². The number of nitrogens with one attached hydrogen (secondary N) is 1. The Morgan fingerprint density at radius 1 is 1.44 bits per heavy atom. The van der Waals surface area contributed by atoms with Gasteiger partial charge in [0.15, 0.2) is 0 Å². The number of carbonyl (C=O) groups excluding carboxylic acids is 2. The van der Waals surface area contributed by atoms with Crippen molar-refractivity contribution in [3.05, 3.63) is 35.6 Å². The lowest BCUT2D eigenvalue weighted by atomic mass is 10.1. The molecule has 0 bridgehead atoms. The number of amides is 2. The van der Waals surface area contributed by atoms with Crippen molar-refractivity contribution in [3.63, 3.8) is 0 Å². The van der Waals surface area contributed by atoms with Crippen molar-refractivity contribution in [2.24, 2.45) is 11.7 Å². The normalized spacial score (nSPS) is 16.1. The first-order valence-electron chi connectivity index (χ1n) is 5.90. The van der Waals surface area contributed by atoms with Gasteiger partial charge in [0.2, 0.25) is 11.8 Å². The minimum Gasteiger partial charge on any atom is -0.368 e. The van der Waals surface area contributed by atoms with E-state index < -0.39 is 11.9 Å². The summed E-state index contributed by atoms with van der Waals surface area (Å²) in [6.07, 6.45) is 1.93.